The van der Waals surface area contributed by atoms with Gasteiger partial charge in [0.1, 0.15) is 10.7 Å². The normalized spacial score (nSPS) is 9.94. The highest BCUT2D eigenvalue weighted by atomic mass is 32.1. The van der Waals surface area contributed by atoms with Gasteiger partial charge < -0.3 is 10.5 Å². The molecule has 0 spiro atoms. The molecule has 2 heterocycles. The Kier molecular flexibility index (Phi) is 3.30. The number of aryl methyl sites for hydroxylation is 1. The van der Waals surface area contributed by atoms with Crippen LogP contribution < -0.4 is 10.5 Å². The molecule has 0 saturated carbocycles. The van der Waals surface area contributed by atoms with Gasteiger partial charge in [-0.05, 0) is 31.2 Å². The van der Waals surface area contributed by atoms with Gasteiger partial charge in [-0.3, -0.25) is 4.98 Å². The molecule has 2 N–H and O–H groups in total. The average molecular weight is 245 g/mol. The molecular weight excluding hydrogens is 234 g/mol. The van der Waals surface area contributed by atoms with Gasteiger partial charge in [0.25, 0.3) is 0 Å². The molecular formula is C12H11N3OS. The Morgan fingerprint density at radius 2 is 2.18 bits per heavy atom. The molecule has 2 rings (SSSR count). The molecule has 0 radical (unpaired) electrons. The van der Waals surface area contributed by atoms with E-state index in [9.17, 15) is 0 Å². The van der Waals surface area contributed by atoms with E-state index in [0.29, 0.717) is 17.2 Å². The van der Waals surface area contributed by atoms with Crippen LogP contribution in [0.5, 0.6) is 11.6 Å². The van der Waals surface area contributed by atoms with Crippen molar-refractivity contribution in [2.75, 3.05) is 0 Å². The van der Waals surface area contributed by atoms with Crippen molar-refractivity contribution in [3.63, 3.8) is 0 Å². The van der Waals surface area contributed by atoms with Gasteiger partial charge in [0, 0.05) is 11.9 Å². The number of hydrogen-bond acceptors (Lipinski definition) is 4. The number of nitrogens with two attached hydrogens (primary N) is 1. The first kappa shape index (κ1) is 11.5. The lowest BCUT2D eigenvalue weighted by Gasteiger charge is -2.09. The number of thiocarbonyl (C=S) groups is 1. The summed E-state index contributed by atoms with van der Waals surface area (Å²) in [6.07, 6.45) is 3.28. The Morgan fingerprint density at radius 3 is 2.82 bits per heavy atom. The number of hydrogen-bond donors (Lipinski definition) is 1. The lowest BCUT2D eigenvalue weighted by molar-refractivity contribution is 0.458. The maximum atomic E-state index is 5.61. The van der Waals surface area contributed by atoms with Crippen LogP contribution in [0.3, 0.4) is 0 Å². The van der Waals surface area contributed by atoms with Crippen molar-refractivity contribution in [2.24, 2.45) is 5.73 Å². The summed E-state index contributed by atoms with van der Waals surface area (Å²) in [4.78, 5) is 8.49. The topological polar surface area (TPSA) is 61.0 Å². The van der Waals surface area contributed by atoms with Crippen LogP contribution in [0, 0.1) is 6.92 Å². The van der Waals surface area contributed by atoms with E-state index in [2.05, 4.69) is 9.97 Å². The number of rotatable bonds is 3. The third kappa shape index (κ3) is 2.76. The van der Waals surface area contributed by atoms with Gasteiger partial charge in [0.2, 0.25) is 5.88 Å². The van der Waals surface area contributed by atoms with Crippen LogP contribution >= 0.6 is 12.2 Å². The maximum Gasteiger partial charge on any atom is 0.229 e. The van der Waals surface area contributed by atoms with Crippen molar-refractivity contribution in [1.29, 1.82) is 0 Å². The van der Waals surface area contributed by atoms with E-state index in [1.165, 1.54) is 0 Å². The SMILES string of the molecule is Cc1ccc(C(N)=S)c(Oc2cccnc2)n1. The van der Waals surface area contributed by atoms with Gasteiger partial charge in [0.05, 0.1) is 11.8 Å². The highest BCUT2D eigenvalue weighted by Gasteiger charge is 2.09. The molecule has 0 saturated heterocycles. The molecule has 0 aliphatic carbocycles. The first-order valence-electron chi connectivity index (χ1n) is 5.02. The molecule has 0 fully saturated rings. The van der Waals surface area contributed by atoms with Crippen LogP contribution in [-0.2, 0) is 0 Å². The van der Waals surface area contributed by atoms with Gasteiger partial charge in [-0.2, -0.15) is 0 Å². The number of pyridine rings is 2. The summed E-state index contributed by atoms with van der Waals surface area (Å²) in [5, 5.41) is 0. The van der Waals surface area contributed by atoms with Crippen LogP contribution in [0.25, 0.3) is 0 Å². The molecule has 0 amide bonds. The molecule has 4 nitrogen and oxygen atoms in total. The van der Waals surface area contributed by atoms with Crippen molar-refractivity contribution in [1.82, 2.24) is 9.97 Å². The molecule has 0 aromatic carbocycles. The Balaban J connectivity index is 2.37. The second-order valence-electron chi connectivity index (χ2n) is 3.46. The predicted molar refractivity (Wildman–Crippen MR) is 69.2 cm³/mol. The van der Waals surface area contributed by atoms with Crippen LogP contribution in [0.4, 0.5) is 0 Å². The molecule has 5 heteroatoms. The van der Waals surface area contributed by atoms with Crippen molar-refractivity contribution in [3.8, 4) is 11.6 Å². The van der Waals surface area contributed by atoms with Crippen molar-refractivity contribution >= 4 is 17.2 Å². The minimum absolute atomic E-state index is 0.261. The van der Waals surface area contributed by atoms with Crippen molar-refractivity contribution < 1.29 is 4.74 Å². The first-order chi connectivity index (χ1) is 8.16. The Morgan fingerprint density at radius 1 is 1.35 bits per heavy atom. The van der Waals surface area contributed by atoms with Gasteiger partial charge in [-0.15, -0.1) is 0 Å². The van der Waals surface area contributed by atoms with Crippen LogP contribution in [0.2, 0.25) is 0 Å². The zero-order valence-electron chi connectivity index (χ0n) is 9.25. The predicted octanol–water partition coefficient (Wildman–Crippen LogP) is 2.21. The average Bonchev–Trinajstić information content (AvgIpc) is 2.30. The second-order valence-corrected chi connectivity index (χ2v) is 3.90. The first-order valence-corrected chi connectivity index (χ1v) is 5.43. The van der Waals surface area contributed by atoms with Crippen molar-refractivity contribution in [3.05, 3.63) is 47.9 Å². The summed E-state index contributed by atoms with van der Waals surface area (Å²) in [5.41, 5.74) is 7.07. The van der Waals surface area contributed by atoms with E-state index >= 15 is 0 Å². The summed E-state index contributed by atoms with van der Waals surface area (Å²) in [6.45, 7) is 1.87. The summed E-state index contributed by atoms with van der Waals surface area (Å²) in [7, 11) is 0. The lowest BCUT2D eigenvalue weighted by atomic mass is 10.2. The monoisotopic (exact) mass is 245 g/mol. The van der Waals surface area contributed by atoms with E-state index in [4.69, 9.17) is 22.7 Å². The minimum atomic E-state index is 0.261. The Labute approximate surface area is 104 Å². The molecule has 0 unspecified atom stereocenters. The van der Waals surface area contributed by atoms with E-state index < -0.39 is 0 Å². The van der Waals surface area contributed by atoms with Gasteiger partial charge in [-0.25, -0.2) is 4.98 Å². The summed E-state index contributed by atoms with van der Waals surface area (Å²) in [6, 6.07) is 7.22. The van der Waals surface area contributed by atoms with Crippen LogP contribution in [0.15, 0.2) is 36.7 Å². The van der Waals surface area contributed by atoms with Crippen LogP contribution in [0.1, 0.15) is 11.3 Å². The quantitative estimate of drug-likeness (QED) is 0.840. The Hall–Kier alpha value is -2.01. The number of nitrogens with zero attached hydrogens (tertiary/aromatic N) is 2. The summed E-state index contributed by atoms with van der Waals surface area (Å²) in [5.74, 6) is 1.01. The lowest BCUT2D eigenvalue weighted by Crippen LogP contribution is -2.12. The third-order valence-corrected chi connectivity index (χ3v) is 2.33. The molecule has 0 aliphatic heterocycles. The number of ether oxygens (including phenoxy) is 1. The van der Waals surface area contributed by atoms with E-state index in [-0.39, 0.29) is 4.99 Å². The van der Waals surface area contributed by atoms with Crippen LogP contribution in [-0.4, -0.2) is 15.0 Å². The number of aromatic nitrogens is 2. The molecule has 2 aromatic heterocycles. The fourth-order valence-electron chi connectivity index (χ4n) is 1.32. The molecule has 17 heavy (non-hydrogen) atoms. The smallest absolute Gasteiger partial charge is 0.229 e. The highest BCUT2D eigenvalue weighted by molar-refractivity contribution is 7.80. The third-order valence-electron chi connectivity index (χ3n) is 2.11. The van der Waals surface area contributed by atoms with Gasteiger partial charge in [-0.1, -0.05) is 12.2 Å². The minimum Gasteiger partial charge on any atom is -0.437 e. The fraction of sp³-hybridized carbons (Fsp3) is 0.0833. The molecule has 86 valence electrons. The van der Waals surface area contributed by atoms with Crippen molar-refractivity contribution in [2.45, 2.75) is 6.92 Å². The summed E-state index contributed by atoms with van der Waals surface area (Å²) >= 11 is 4.95. The summed E-state index contributed by atoms with van der Waals surface area (Å²) < 4.78 is 5.61. The zero-order valence-corrected chi connectivity index (χ0v) is 10.1. The highest BCUT2D eigenvalue weighted by Crippen LogP contribution is 2.22. The largest absolute Gasteiger partial charge is 0.437 e. The fourth-order valence-corrected chi connectivity index (χ4v) is 1.47. The van der Waals surface area contributed by atoms with Gasteiger partial charge >= 0.3 is 0 Å². The standard InChI is InChI=1S/C12H11N3OS/c1-8-4-5-10(11(13)17)12(15-8)16-9-3-2-6-14-7-9/h2-7H,1H3,(H2,13,17). The second kappa shape index (κ2) is 4.88. The molecule has 0 aliphatic rings. The maximum absolute atomic E-state index is 5.61. The molecule has 2 aromatic rings. The van der Waals surface area contributed by atoms with E-state index in [1.807, 2.05) is 13.0 Å². The van der Waals surface area contributed by atoms with Gasteiger partial charge in [0.15, 0.2) is 0 Å². The Bertz CT molecular complexity index is 543. The van der Waals surface area contributed by atoms with E-state index in [1.54, 1.807) is 30.6 Å². The van der Waals surface area contributed by atoms with E-state index in [0.717, 1.165) is 5.69 Å². The molecule has 0 bridgehead atoms. The molecule has 0 atom stereocenters. The zero-order chi connectivity index (χ0) is 12.3.